The number of carbonyl (C=O) groups excluding carboxylic acids is 1. The van der Waals surface area contributed by atoms with Crippen molar-refractivity contribution in [3.63, 3.8) is 0 Å². The summed E-state index contributed by atoms with van der Waals surface area (Å²) in [6.07, 6.45) is 1.50. The minimum Gasteiger partial charge on any atom is -0.360 e. The standard InChI is InChI=1S/C24H20N6O2S/c1-14(29-21-20-23(27-12-26-21)33-13-28-20)18-11-15-7-6-10-17(22(31)25-2)19(15)24(32)30(18)16-8-4-3-5-9-16/h3-14H,1-2H3,(H,25,31)(H,26,27,29). The number of nitrogens with zero attached hydrogens (tertiary/aromatic N) is 4. The maximum absolute atomic E-state index is 13.8. The zero-order valence-electron chi connectivity index (χ0n) is 17.9. The number of thiazole rings is 1. The van der Waals surface area contributed by atoms with E-state index >= 15 is 0 Å². The first-order chi connectivity index (χ1) is 16.1. The Morgan fingerprint density at radius 3 is 2.67 bits per heavy atom. The third-order valence-electron chi connectivity index (χ3n) is 5.49. The third-order valence-corrected chi connectivity index (χ3v) is 6.23. The molecule has 2 N–H and O–H groups in total. The second kappa shape index (κ2) is 8.44. The second-order valence-electron chi connectivity index (χ2n) is 7.49. The summed E-state index contributed by atoms with van der Waals surface area (Å²) in [4.78, 5) is 40.1. The number of fused-ring (bicyclic) bond motifs is 2. The van der Waals surface area contributed by atoms with Crippen LogP contribution in [0.2, 0.25) is 0 Å². The van der Waals surface area contributed by atoms with Gasteiger partial charge in [0, 0.05) is 18.4 Å². The fraction of sp³-hybridized carbons (Fsp3) is 0.125. The monoisotopic (exact) mass is 456 g/mol. The molecule has 164 valence electrons. The van der Waals surface area contributed by atoms with Gasteiger partial charge in [0.1, 0.15) is 16.7 Å². The van der Waals surface area contributed by atoms with Gasteiger partial charge in [-0.1, -0.05) is 30.3 Å². The van der Waals surface area contributed by atoms with Crippen LogP contribution in [-0.2, 0) is 0 Å². The van der Waals surface area contributed by atoms with Gasteiger partial charge in [0.05, 0.1) is 22.5 Å². The van der Waals surface area contributed by atoms with Crippen LogP contribution in [0.4, 0.5) is 5.82 Å². The molecular formula is C24H20N6O2S. The SMILES string of the molecule is CNC(=O)c1cccc2cc(C(C)Nc3ncnc4scnc34)n(-c3ccccc3)c(=O)c12. The lowest BCUT2D eigenvalue weighted by atomic mass is 10.0. The molecule has 5 rings (SSSR count). The summed E-state index contributed by atoms with van der Waals surface area (Å²) in [5.74, 6) is 0.295. The number of nitrogens with one attached hydrogen (secondary N) is 2. The topological polar surface area (TPSA) is 102 Å². The van der Waals surface area contributed by atoms with Gasteiger partial charge in [-0.15, -0.1) is 11.3 Å². The summed E-state index contributed by atoms with van der Waals surface area (Å²) < 4.78 is 1.64. The average molecular weight is 457 g/mol. The van der Waals surface area contributed by atoms with E-state index in [0.29, 0.717) is 33.4 Å². The highest BCUT2D eigenvalue weighted by Gasteiger charge is 2.21. The van der Waals surface area contributed by atoms with Crippen LogP contribution < -0.4 is 16.2 Å². The van der Waals surface area contributed by atoms with Crippen molar-refractivity contribution >= 4 is 44.2 Å². The van der Waals surface area contributed by atoms with Gasteiger partial charge >= 0.3 is 0 Å². The van der Waals surface area contributed by atoms with Gasteiger partial charge in [-0.05, 0) is 36.6 Å². The molecule has 1 unspecified atom stereocenters. The zero-order valence-corrected chi connectivity index (χ0v) is 18.8. The van der Waals surface area contributed by atoms with E-state index in [0.717, 1.165) is 10.5 Å². The van der Waals surface area contributed by atoms with Crippen LogP contribution in [0, 0.1) is 0 Å². The van der Waals surface area contributed by atoms with Crippen molar-refractivity contribution in [2.24, 2.45) is 0 Å². The first-order valence-electron chi connectivity index (χ1n) is 10.4. The Hall–Kier alpha value is -4.11. The number of pyridine rings is 1. The molecule has 0 spiro atoms. The summed E-state index contributed by atoms with van der Waals surface area (Å²) >= 11 is 1.44. The van der Waals surface area contributed by atoms with Gasteiger partial charge in [-0.3, -0.25) is 14.2 Å². The van der Waals surface area contributed by atoms with Crippen molar-refractivity contribution in [2.45, 2.75) is 13.0 Å². The number of para-hydroxylation sites is 1. The second-order valence-corrected chi connectivity index (χ2v) is 8.32. The number of anilines is 1. The van der Waals surface area contributed by atoms with E-state index in [1.165, 1.54) is 17.7 Å². The highest BCUT2D eigenvalue weighted by Crippen LogP contribution is 2.28. The molecule has 1 atom stereocenters. The zero-order chi connectivity index (χ0) is 22.9. The van der Waals surface area contributed by atoms with Gasteiger partial charge in [-0.2, -0.15) is 0 Å². The molecule has 33 heavy (non-hydrogen) atoms. The lowest BCUT2D eigenvalue weighted by molar-refractivity contribution is 0.0964. The smallest absolute Gasteiger partial charge is 0.264 e. The molecule has 0 saturated heterocycles. The molecule has 3 aromatic heterocycles. The van der Waals surface area contributed by atoms with Crippen LogP contribution in [0.3, 0.4) is 0 Å². The number of rotatable bonds is 5. The molecule has 5 aromatic rings. The van der Waals surface area contributed by atoms with Crippen LogP contribution in [0.25, 0.3) is 26.8 Å². The van der Waals surface area contributed by atoms with Crippen LogP contribution in [0.1, 0.15) is 29.0 Å². The maximum atomic E-state index is 13.8. The van der Waals surface area contributed by atoms with Crippen LogP contribution in [0.15, 0.2) is 71.2 Å². The lowest BCUT2D eigenvalue weighted by Crippen LogP contribution is -2.28. The average Bonchev–Trinajstić information content (AvgIpc) is 3.33. The van der Waals surface area contributed by atoms with E-state index in [2.05, 4.69) is 25.6 Å². The van der Waals surface area contributed by atoms with Crippen LogP contribution in [0.5, 0.6) is 0 Å². The molecule has 2 aromatic carbocycles. The largest absolute Gasteiger partial charge is 0.360 e. The number of benzene rings is 2. The lowest BCUT2D eigenvalue weighted by Gasteiger charge is -2.22. The Kier molecular flexibility index (Phi) is 5.31. The number of amides is 1. The van der Waals surface area contributed by atoms with Crippen molar-refractivity contribution in [1.82, 2.24) is 24.8 Å². The fourth-order valence-electron chi connectivity index (χ4n) is 3.95. The van der Waals surface area contributed by atoms with Crippen molar-refractivity contribution in [3.8, 4) is 5.69 Å². The predicted molar refractivity (Wildman–Crippen MR) is 130 cm³/mol. The van der Waals surface area contributed by atoms with Crippen molar-refractivity contribution < 1.29 is 4.79 Å². The molecule has 3 heterocycles. The summed E-state index contributed by atoms with van der Waals surface area (Å²) in [6.45, 7) is 1.96. The summed E-state index contributed by atoms with van der Waals surface area (Å²) in [5.41, 5.74) is 3.94. The van der Waals surface area contributed by atoms with Crippen molar-refractivity contribution in [2.75, 3.05) is 12.4 Å². The van der Waals surface area contributed by atoms with E-state index in [4.69, 9.17) is 0 Å². The summed E-state index contributed by atoms with van der Waals surface area (Å²) in [6, 6.07) is 16.3. The first kappa shape index (κ1) is 20.8. The summed E-state index contributed by atoms with van der Waals surface area (Å²) in [7, 11) is 1.55. The van der Waals surface area contributed by atoms with E-state index < -0.39 is 0 Å². The molecule has 0 bridgehead atoms. The van der Waals surface area contributed by atoms with E-state index in [9.17, 15) is 9.59 Å². The van der Waals surface area contributed by atoms with Crippen molar-refractivity contribution in [3.05, 3.63) is 88.0 Å². The van der Waals surface area contributed by atoms with Crippen LogP contribution >= 0.6 is 11.3 Å². The number of hydrogen-bond acceptors (Lipinski definition) is 7. The molecule has 0 aliphatic carbocycles. The van der Waals surface area contributed by atoms with Gasteiger partial charge in [0.2, 0.25) is 0 Å². The molecule has 0 aliphatic heterocycles. The number of aromatic nitrogens is 4. The Balaban J connectivity index is 1.73. The normalized spacial score (nSPS) is 12.1. The van der Waals surface area contributed by atoms with E-state index in [1.54, 1.807) is 29.3 Å². The molecule has 8 nitrogen and oxygen atoms in total. The Morgan fingerprint density at radius 2 is 1.88 bits per heavy atom. The van der Waals surface area contributed by atoms with Gasteiger partial charge in [0.15, 0.2) is 5.82 Å². The van der Waals surface area contributed by atoms with Gasteiger partial charge in [0.25, 0.3) is 11.5 Å². The maximum Gasteiger partial charge on any atom is 0.264 e. The quantitative estimate of drug-likeness (QED) is 0.416. The minimum atomic E-state index is -0.303. The molecule has 0 aliphatic rings. The Morgan fingerprint density at radius 1 is 1.06 bits per heavy atom. The molecule has 9 heteroatoms. The third kappa shape index (κ3) is 3.62. The molecular weight excluding hydrogens is 436 g/mol. The van der Waals surface area contributed by atoms with Crippen LogP contribution in [-0.4, -0.2) is 32.5 Å². The van der Waals surface area contributed by atoms with Gasteiger partial charge < -0.3 is 10.6 Å². The highest BCUT2D eigenvalue weighted by atomic mass is 32.1. The fourth-order valence-corrected chi connectivity index (χ4v) is 4.57. The molecule has 0 saturated carbocycles. The summed E-state index contributed by atoms with van der Waals surface area (Å²) in [5, 5.41) is 7.09. The van der Waals surface area contributed by atoms with E-state index in [1.807, 2.05) is 49.4 Å². The highest BCUT2D eigenvalue weighted by molar-refractivity contribution is 7.16. The molecule has 1 amide bonds. The predicted octanol–water partition coefficient (Wildman–Crippen LogP) is 3.92. The number of carbonyl (C=O) groups is 1. The van der Waals surface area contributed by atoms with Gasteiger partial charge in [-0.25, -0.2) is 15.0 Å². The van der Waals surface area contributed by atoms with E-state index in [-0.39, 0.29) is 17.5 Å². The van der Waals surface area contributed by atoms with Crippen molar-refractivity contribution in [1.29, 1.82) is 0 Å². The first-order valence-corrected chi connectivity index (χ1v) is 11.2. The molecule has 0 radical (unpaired) electrons. The minimum absolute atomic E-state index is 0.261. The molecule has 0 fully saturated rings. The number of hydrogen-bond donors (Lipinski definition) is 2. The Labute approximate surface area is 193 Å². The Bertz CT molecular complexity index is 1540.